The average Bonchev–Trinajstić information content (AvgIpc) is 3.65. The molecule has 10 nitrogen and oxygen atoms in total. The summed E-state index contributed by atoms with van der Waals surface area (Å²) in [6.07, 6.45) is -2.42. The highest BCUT2D eigenvalue weighted by atomic mass is 79.9. The van der Waals surface area contributed by atoms with Gasteiger partial charge < -0.3 is 20.2 Å². The van der Waals surface area contributed by atoms with Gasteiger partial charge in [-0.2, -0.15) is 0 Å². The molecule has 5 heterocycles. The van der Waals surface area contributed by atoms with Crippen LogP contribution in [0.15, 0.2) is 22.8 Å². The first-order valence-electron chi connectivity index (χ1n) is 16.5. The first-order chi connectivity index (χ1) is 22.0. The minimum atomic E-state index is -4.61. The van der Waals surface area contributed by atoms with Crippen LogP contribution in [0.4, 0.5) is 13.2 Å². The number of likely N-dealkylation sites (N-methyl/N-ethyl adjacent to an activating group) is 1. The number of carbonyl (C=O) groups is 3. The number of nitrogens with one attached hydrogen (secondary N) is 1. The third-order valence-corrected chi connectivity index (χ3v) is 12.0. The van der Waals surface area contributed by atoms with Gasteiger partial charge in [0.2, 0.25) is 17.5 Å². The fourth-order valence-corrected chi connectivity index (χ4v) is 9.77. The molecule has 3 amide bonds. The van der Waals surface area contributed by atoms with Gasteiger partial charge in [0.05, 0.1) is 16.0 Å². The van der Waals surface area contributed by atoms with Crippen LogP contribution in [0.25, 0.3) is 10.9 Å². The first-order valence-corrected chi connectivity index (χ1v) is 17.3. The van der Waals surface area contributed by atoms with Crippen LogP contribution < -0.4 is 5.32 Å². The molecule has 0 spiro atoms. The first kappa shape index (κ1) is 32.8. The van der Waals surface area contributed by atoms with Gasteiger partial charge in [-0.1, -0.05) is 39.8 Å². The van der Waals surface area contributed by atoms with Gasteiger partial charge in [0.25, 0.3) is 11.8 Å². The van der Waals surface area contributed by atoms with E-state index in [1.165, 1.54) is 11.0 Å². The summed E-state index contributed by atoms with van der Waals surface area (Å²) < 4.78 is 49.2. The summed E-state index contributed by atoms with van der Waals surface area (Å²) in [5.74, 6) is -4.80. The predicted molar refractivity (Wildman–Crippen MR) is 168 cm³/mol. The fraction of sp³-hybridized carbons (Fsp3) is 0.667. The second-order valence-electron chi connectivity index (χ2n) is 14.7. The monoisotopic (exact) mass is 723 g/mol. The molecule has 14 heteroatoms. The van der Waals surface area contributed by atoms with Crippen molar-refractivity contribution < 1.29 is 37.4 Å². The molecule has 1 aromatic heterocycles. The Morgan fingerprint density at radius 1 is 1.21 bits per heavy atom. The Bertz CT molecular complexity index is 1660. The summed E-state index contributed by atoms with van der Waals surface area (Å²) in [7, 11) is 1.87. The maximum absolute atomic E-state index is 14.5. The summed E-state index contributed by atoms with van der Waals surface area (Å²) in [5, 5.41) is 15.6. The van der Waals surface area contributed by atoms with Crippen molar-refractivity contribution in [2.24, 2.45) is 17.8 Å². The standard InChI is InChI=1S/C33H41BrF3N5O5/c1-16(2)12-24-29(44)40-11-7-10-25(40)32(46)42(24)30(45)31(47-32,17(3)4)38-28(43)18-13-20-19-8-6-9-22-26(19)21(14-23(20)39(5)15-18)27(34)41(22)33(35,36)37/h6,8-9,16-18,20,23-25,46H,7,10-15H2,1-5H3,(H,38,43)/t18?,20-,23-,24+,25+,31-,32+/m1/s1. The van der Waals surface area contributed by atoms with Crippen LogP contribution in [0, 0.1) is 17.8 Å². The number of aromatic nitrogens is 1. The number of aliphatic hydroxyl groups is 1. The Balaban J connectivity index is 1.22. The van der Waals surface area contributed by atoms with E-state index < -0.39 is 53.7 Å². The number of hydrogen-bond acceptors (Lipinski definition) is 6. The number of amides is 3. The van der Waals surface area contributed by atoms with E-state index in [4.69, 9.17) is 4.74 Å². The Morgan fingerprint density at radius 2 is 1.94 bits per heavy atom. The Morgan fingerprint density at radius 3 is 2.60 bits per heavy atom. The number of benzene rings is 1. The molecule has 47 heavy (non-hydrogen) atoms. The number of piperidine rings is 1. The summed E-state index contributed by atoms with van der Waals surface area (Å²) >= 11 is 3.24. The Hall–Kier alpha value is -2.68. The van der Waals surface area contributed by atoms with E-state index in [0.29, 0.717) is 60.7 Å². The number of nitrogens with zero attached hydrogens (tertiary/aromatic N) is 4. The normalized spacial score (nSPS) is 34.0. The number of carbonyl (C=O) groups excluding carboxylic acids is 3. The maximum Gasteiger partial charge on any atom is 0.489 e. The van der Waals surface area contributed by atoms with Crippen LogP contribution in [-0.4, -0.2) is 92.0 Å². The van der Waals surface area contributed by atoms with Gasteiger partial charge in [-0.25, -0.2) is 4.57 Å². The van der Waals surface area contributed by atoms with Crippen LogP contribution in [0.3, 0.4) is 0 Å². The molecule has 0 saturated carbocycles. The van der Waals surface area contributed by atoms with Crippen LogP contribution in [0.2, 0.25) is 0 Å². The lowest BCUT2D eigenvalue weighted by Crippen LogP contribution is -2.71. The third kappa shape index (κ3) is 4.64. The lowest BCUT2D eigenvalue weighted by atomic mass is 9.72. The van der Waals surface area contributed by atoms with Crippen molar-refractivity contribution in [1.82, 2.24) is 24.6 Å². The van der Waals surface area contributed by atoms with Crippen molar-refractivity contribution in [3.63, 3.8) is 0 Å². The number of rotatable bonds is 5. The van der Waals surface area contributed by atoms with Crippen molar-refractivity contribution in [2.75, 3.05) is 20.1 Å². The zero-order chi connectivity index (χ0) is 34.0. The molecule has 0 radical (unpaired) electrons. The minimum absolute atomic E-state index is 0.000540. The van der Waals surface area contributed by atoms with Gasteiger partial charge in [0.15, 0.2) is 0 Å². The van der Waals surface area contributed by atoms with Gasteiger partial charge >= 0.3 is 6.30 Å². The summed E-state index contributed by atoms with van der Waals surface area (Å²) in [5.41, 5.74) is -0.478. The molecule has 4 aliphatic heterocycles. The van der Waals surface area contributed by atoms with E-state index in [9.17, 15) is 32.7 Å². The highest BCUT2D eigenvalue weighted by Crippen LogP contribution is 2.51. The zero-order valence-corrected chi connectivity index (χ0v) is 28.7. The lowest BCUT2D eigenvalue weighted by Gasteiger charge is -2.49. The number of halogens is 4. The number of hydrogen-bond donors (Lipinski definition) is 2. The van der Waals surface area contributed by atoms with Crippen LogP contribution in [-0.2, 0) is 31.8 Å². The largest absolute Gasteiger partial charge is 0.489 e. The van der Waals surface area contributed by atoms with Gasteiger partial charge in [0.1, 0.15) is 12.1 Å². The van der Waals surface area contributed by atoms with Crippen LogP contribution in [0.5, 0.6) is 0 Å². The van der Waals surface area contributed by atoms with E-state index in [-0.39, 0.29) is 33.9 Å². The quantitative estimate of drug-likeness (QED) is 0.479. The number of alkyl halides is 3. The number of piperazine rings is 1. The average molecular weight is 725 g/mol. The molecule has 7 atom stereocenters. The summed E-state index contributed by atoms with van der Waals surface area (Å²) in [6.45, 7) is 8.14. The summed E-state index contributed by atoms with van der Waals surface area (Å²) in [6, 6.07) is 3.12. The number of likely N-dealkylation sites (tertiary alicyclic amines) is 1. The molecule has 7 rings (SSSR count). The Labute approximate surface area is 279 Å². The van der Waals surface area contributed by atoms with Crippen LogP contribution >= 0.6 is 15.9 Å². The van der Waals surface area contributed by atoms with Crippen molar-refractivity contribution >= 4 is 44.6 Å². The molecule has 2 N–H and O–H groups in total. The van der Waals surface area contributed by atoms with Crippen LogP contribution in [0.1, 0.15) is 70.4 Å². The second kappa shape index (κ2) is 10.9. The predicted octanol–water partition coefficient (Wildman–Crippen LogP) is 4.23. The molecular weight excluding hydrogens is 683 g/mol. The van der Waals surface area contributed by atoms with E-state index in [0.717, 1.165) is 5.56 Å². The maximum atomic E-state index is 14.5. The molecule has 1 aliphatic carbocycles. The minimum Gasteiger partial charge on any atom is -0.347 e. The topological polar surface area (TPSA) is 107 Å². The molecule has 4 saturated heterocycles. The van der Waals surface area contributed by atoms with E-state index in [2.05, 4.69) is 21.2 Å². The Kier molecular flexibility index (Phi) is 7.63. The molecule has 1 aromatic carbocycles. The second-order valence-corrected chi connectivity index (χ2v) is 15.5. The molecule has 256 valence electrons. The van der Waals surface area contributed by atoms with Gasteiger partial charge in [-0.15, -0.1) is 13.2 Å². The molecule has 0 bridgehead atoms. The molecule has 4 fully saturated rings. The van der Waals surface area contributed by atoms with Gasteiger partial charge in [0, 0.05) is 36.4 Å². The lowest BCUT2D eigenvalue weighted by molar-refractivity contribution is -0.322. The molecule has 2 aromatic rings. The van der Waals surface area contributed by atoms with E-state index >= 15 is 0 Å². The molecule has 1 unspecified atom stereocenters. The number of ether oxygens (including phenoxy) is 1. The van der Waals surface area contributed by atoms with Gasteiger partial charge in [-0.05, 0) is 78.2 Å². The summed E-state index contributed by atoms with van der Waals surface area (Å²) in [4.78, 5) is 47.2. The van der Waals surface area contributed by atoms with Crippen molar-refractivity contribution in [3.05, 3.63) is 33.9 Å². The van der Waals surface area contributed by atoms with Crippen molar-refractivity contribution in [2.45, 2.75) is 102 Å². The highest BCUT2D eigenvalue weighted by molar-refractivity contribution is 9.10. The SMILES string of the molecule is CC(C)C[C@H]1C(=O)N2CCC[C@H]2[C@]2(O)O[C@](NC(=O)C3C[C@@H]4c5cccc6c5c(c(Br)n6C(F)(F)F)C[C@H]4N(C)C3)(C(C)C)C(=O)N12. The molecule has 5 aliphatic rings. The fourth-order valence-electron chi connectivity index (χ4n) is 9.02. The third-order valence-electron chi connectivity index (χ3n) is 11.2. The van der Waals surface area contributed by atoms with E-state index in [1.807, 2.05) is 31.9 Å². The van der Waals surface area contributed by atoms with Gasteiger partial charge in [-0.3, -0.25) is 24.0 Å². The smallest absolute Gasteiger partial charge is 0.347 e. The zero-order valence-electron chi connectivity index (χ0n) is 27.1. The highest BCUT2D eigenvalue weighted by Gasteiger charge is 2.72. The number of fused-ring (bicyclic) bond motifs is 5. The van der Waals surface area contributed by atoms with Crippen molar-refractivity contribution in [3.8, 4) is 0 Å². The van der Waals surface area contributed by atoms with E-state index in [1.54, 1.807) is 24.8 Å². The molecular formula is C33H41BrF3N5O5. The van der Waals surface area contributed by atoms with Crippen molar-refractivity contribution in [1.29, 1.82) is 0 Å².